The molecule has 1 atom stereocenters. The maximum absolute atomic E-state index is 12.4. The van der Waals surface area contributed by atoms with Gasteiger partial charge in [0.15, 0.2) is 6.10 Å². The Balaban J connectivity index is 1.76. The highest BCUT2D eigenvalue weighted by Crippen LogP contribution is 2.28. The molecule has 0 radical (unpaired) electrons. The first-order chi connectivity index (χ1) is 11.5. The number of ether oxygens (including phenoxy) is 1. The first-order valence-electron chi connectivity index (χ1n) is 7.45. The number of anilines is 1. The monoisotopic (exact) mass is 359 g/mol. The standard InChI is InChI=1S/C19H15Cl2NO2/c1-12(19(23)22-17-10-9-14(20)11-16(17)21)24-18-8-4-6-13-5-2-3-7-15(13)18/h2-12H,1H3,(H,22,23)/t12-/m0/s1. The third-order valence-corrected chi connectivity index (χ3v) is 4.16. The minimum absolute atomic E-state index is 0.285. The molecule has 0 heterocycles. The molecule has 0 unspecified atom stereocenters. The zero-order chi connectivity index (χ0) is 17.1. The first-order valence-corrected chi connectivity index (χ1v) is 8.20. The average Bonchev–Trinajstić information content (AvgIpc) is 2.57. The molecule has 3 nitrogen and oxygen atoms in total. The number of halogens is 2. The molecular weight excluding hydrogens is 345 g/mol. The van der Waals surface area contributed by atoms with Gasteiger partial charge in [-0.2, -0.15) is 0 Å². The number of rotatable bonds is 4. The molecule has 0 aliphatic carbocycles. The Hall–Kier alpha value is -2.23. The Labute approximate surface area is 150 Å². The van der Waals surface area contributed by atoms with Crippen molar-refractivity contribution in [2.45, 2.75) is 13.0 Å². The van der Waals surface area contributed by atoms with Crippen molar-refractivity contribution in [2.75, 3.05) is 5.32 Å². The van der Waals surface area contributed by atoms with Crippen LogP contribution in [0.25, 0.3) is 10.8 Å². The third kappa shape index (κ3) is 3.64. The maximum atomic E-state index is 12.4. The van der Waals surface area contributed by atoms with Crippen LogP contribution in [0.5, 0.6) is 5.75 Å². The molecule has 24 heavy (non-hydrogen) atoms. The van der Waals surface area contributed by atoms with Gasteiger partial charge in [0.25, 0.3) is 5.91 Å². The van der Waals surface area contributed by atoms with Gasteiger partial charge in [0, 0.05) is 10.4 Å². The number of fused-ring (bicyclic) bond motifs is 1. The number of nitrogens with one attached hydrogen (secondary N) is 1. The van der Waals surface area contributed by atoms with E-state index in [1.165, 1.54) is 0 Å². The van der Waals surface area contributed by atoms with Gasteiger partial charge in [-0.05, 0) is 36.6 Å². The topological polar surface area (TPSA) is 38.3 Å². The van der Waals surface area contributed by atoms with Crippen LogP contribution in [0.15, 0.2) is 60.7 Å². The van der Waals surface area contributed by atoms with E-state index in [1.54, 1.807) is 25.1 Å². The number of amides is 1. The minimum atomic E-state index is -0.678. The normalized spacial score (nSPS) is 12.0. The van der Waals surface area contributed by atoms with Crippen molar-refractivity contribution in [1.29, 1.82) is 0 Å². The predicted octanol–water partition coefficient (Wildman–Crippen LogP) is 5.55. The summed E-state index contributed by atoms with van der Waals surface area (Å²) in [5.41, 5.74) is 0.499. The van der Waals surface area contributed by atoms with Crippen molar-refractivity contribution in [1.82, 2.24) is 0 Å². The second kappa shape index (κ2) is 7.12. The predicted molar refractivity (Wildman–Crippen MR) is 99.1 cm³/mol. The summed E-state index contributed by atoms with van der Waals surface area (Å²) < 4.78 is 5.84. The Kier molecular flexibility index (Phi) is 4.93. The summed E-state index contributed by atoms with van der Waals surface area (Å²) in [5, 5.41) is 5.67. The van der Waals surface area contributed by atoms with Crippen LogP contribution in [-0.2, 0) is 4.79 Å². The number of benzene rings is 3. The fourth-order valence-electron chi connectivity index (χ4n) is 2.37. The highest BCUT2D eigenvalue weighted by atomic mass is 35.5. The number of hydrogen-bond acceptors (Lipinski definition) is 2. The van der Waals surface area contributed by atoms with E-state index in [1.807, 2.05) is 42.5 Å². The van der Waals surface area contributed by atoms with Gasteiger partial charge in [-0.1, -0.05) is 59.6 Å². The van der Waals surface area contributed by atoms with E-state index in [-0.39, 0.29) is 5.91 Å². The van der Waals surface area contributed by atoms with Gasteiger partial charge in [-0.25, -0.2) is 0 Å². The first kappa shape index (κ1) is 16.6. The van der Waals surface area contributed by atoms with E-state index in [2.05, 4.69) is 5.32 Å². The highest BCUT2D eigenvalue weighted by molar-refractivity contribution is 6.36. The fraction of sp³-hybridized carbons (Fsp3) is 0.105. The van der Waals surface area contributed by atoms with Crippen molar-refractivity contribution in [3.8, 4) is 5.75 Å². The molecule has 5 heteroatoms. The third-order valence-electron chi connectivity index (χ3n) is 3.61. The molecule has 0 saturated carbocycles. The zero-order valence-electron chi connectivity index (χ0n) is 12.9. The SMILES string of the molecule is C[C@H](Oc1cccc2ccccc12)C(=O)Nc1ccc(Cl)cc1Cl. The number of carbonyl (C=O) groups excluding carboxylic acids is 1. The minimum Gasteiger partial charge on any atom is -0.480 e. The summed E-state index contributed by atoms with van der Waals surface area (Å²) >= 11 is 11.9. The van der Waals surface area contributed by atoms with Crippen molar-refractivity contribution < 1.29 is 9.53 Å². The molecule has 0 fully saturated rings. The lowest BCUT2D eigenvalue weighted by Gasteiger charge is -2.16. The number of carbonyl (C=O) groups is 1. The van der Waals surface area contributed by atoms with E-state index in [0.717, 1.165) is 10.8 Å². The van der Waals surface area contributed by atoms with Crippen LogP contribution in [0.3, 0.4) is 0 Å². The fourth-order valence-corrected chi connectivity index (χ4v) is 2.82. The molecule has 0 aromatic heterocycles. The summed E-state index contributed by atoms with van der Waals surface area (Å²) in [6.07, 6.45) is -0.678. The molecule has 0 aliphatic rings. The molecule has 0 aliphatic heterocycles. The molecular formula is C19H15Cl2NO2. The maximum Gasteiger partial charge on any atom is 0.265 e. The molecule has 3 aromatic carbocycles. The second-order valence-electron chi connectivity index (χ2n) is 5.35. The van der Waals surface area contributed by atoms with Crippen molar-refractivity contribution in [3.05, 3.63) is 70.7 Å². The van der Waals surface area contributed by atoms with Gasteiger partial charge in [0.05, 0.1) is 10.7 Å². The lowest BCUT2D eigenvalue weighted by molar-refractivity contribution is -0.122. The van der Waals surface area contributed by atoms with Crippen LogP contribution in [0, 0.1) is 0 Å². The molecule has 122 valence electrons. The Morgan fingerprint density at radius 2 is 1.79 bits per heavy atom. The quantitative estimate of drug-likeness (QED) is 0.662. The van der Waals surface area contributed by atoms with Crippen LogP contribution >= 0.6 is 23.2 Å². The average molecular weight is 360 g/mol. The lowest BCUT2D eigenvalue weighted by Crippen LogP contribution is -2.30. The van der Waals surface area contributed by atoms with Crippen LogP contribution < -0.4 is 10.1 Å². The molecule has 3 aromatic rings. The summed E-state index contributed by atoms with van der Waals surface area (Å²) in [5.74, 6) is 0.380. The molecule has 0 saturated heterocycles. The Bertz CT molecular complexity index is 890. The van der Waals surface area contributed by atoms with E-state index in [9.17, 15) is 4.79 Å². The molecule has 0 spiro atoms. The summed E-state index contributed by atoms with van der Waals surface area (Å²) in [4.78, 5) is 12.4. The van der Waals surface area contributed by atoms with E-state index in [4.69, 9.17) is 27.9 Å². The van der Waals surface area contributed by atoms with Gasteiger partial charge in [-0.15, -0.1) is 0 Å². The molecule has 0 bridgehead atoms. The zero-order valence-corrected chi connectivity index (χ0v) is 14.4. The van der Waals surface area contributed by atoms with Crippen molar-refractivity contribution in [2.24, 2.45) is 0 Å². The Morgan fingerprint density at radius 1 is 1.04 bits per heavy atom. The molecule has 1 N–H and O–H groups in total. The van der Waals surface area contributed by atoms with E-state index >= 15 is 0 Å². The summed E-state index contributed by atoms with van der Waals surface area (Å²) in [6, 6.07) is 18.5. The van der Waals surface area contributed by atoms with Gasteiger partial charge >= 0.3 is 0 Å². The van der Waals surface area contributed by atoms with Gasteiger partial charge < -0.3 is 10.1 Å². The van der Waals surface area contributed by atoms with Crippen LogP contribution in [-0.4, -0.2) is 12.0 Å². The molecule has 1 amide bonds. The van der Waals surface area contributed by atoms with Gasteiger partial charge in [0.2, 0.25) is 0 Å². The van der Waals surface area contributed by atoms with Crippen LogP contribution in [0.2, 0.25) is 10.0 Å². The lowest BCUT2D eigenvalue weighted by atomic mass is 10.1. The van der Waals surface area contributed by atoms with Gasteiger partial charge in [-0.3, -0.25) is 4.79 Å². The van der Waals surface area contributed by atoms with Gasteiger partial charge in [0.1, 0.15) is 5.75 Å². The summed E-state index contributed by atoms with van der Waals surface area (Å²) in [7, 11) is 0. The van der Waals surface area contributed by atoms with Crippen LogP contribution in [0.1, 0.15) is 6.92 Å². The van der Waals surface area contributed by atoms with Crippen molar-refractivity contribution >= 4 is 45.6 Å². The Morgan fingerprint density at radius 3 is 2.58 bits per heavy atom. The number of hydrogen-bond donors (Lipinski definition) is 1. The van der Waals surface area contributed by atoms with E-state index in [0.29, 0.717) is 21.5 Å². The highest BCUT2D eigenvalue weighted by Gasteiger charge is 2.17. The molecule has 3 rings (SSSR count). The second-order valence-corrected chi connectivity index (χ2v) is 6.19. The smallest absolute Gasteiger partial charge is 0.265 e. The largest absolute Gasteiger partial charge is 0.480 e. The van der Waals surface area contributed by atoms with Crippen LogP contribution in [0.4, 0.5) is 5.69 Å². The van der Waals surface area contributed by atoms with E-state index < -0.39 is 6.10 Å². The van der Waals surface area contributed by atoms with Crippen molar-refractivity contribution in [3.63, 3.8) is 0 Å². The summed E-state index contributed by atoms with van der Waals surface area (Å²) in [6.45, 7) is 1.70.